The summed E-state index contributed by atoms with van der Waals surface area (Å²) < 4.78 is 64.1. The van der Waals surface area contributed by atoms with Gasteiger partial charge >= 0.3 is 12.2 Å². The van der Waals surface area contributed by atoms with Crippen molar-refractivity contribution in [2.24, 2.45) is 5.73 Å². The van der Waals surface area contributed by atoms with Crippen LogP contribution in [0.5, 0.6) is 0 Å². The molecule has 30 heavy (non-hydrogen) atoms. The zero-order valence-electron chi connectivity index (χ0n) is 15.1. The van der Waals surface area contributed by atoms with Gasteiger partial charge in [0.1, 0.15) is 0 Å². The maximum atomic E-state index is 12.9. The summed E-state index contributed by atoms with van der Waals surface area (Å²) >= 11 is 5.92. The fraction of sp³-hybridized carbons (Fsp3) is 0.176. The molecule has 0 aliphatic carbocycles. The van der Waals surface area contributed by atoms with Gasteiger partial charge in [-0.2, -0.15) is 13.2 Å². The number of hydrogen-bond donors (Lipinski definition) is 4. The number of sulfone groups is 1. The molecule has 0 aliphatic heterocycles. The Morgan fingerprint density at radius 2 is 1.67 bits per heavy atom. The second kappa shape index (κ2) is 8.13. The van der Waals surface area contributed by atoms with Gasteiger partial charge in [0.15, 0.2) is 0 Å². The summed E-state index contributed by atoms with van der Waals surface area (Å²) in [6.45, 7) is 0.262. The molecule has 5 N–H and O–H groups in total. The predicted octanol–water partition coefficient (Wildman–Crippen LogP) is 2.92. The van der Waals surface area contributed by atoms with Crippen LogP contribution < -0.4 is 16.4 Å². The third kappa shape index (κ3) is 4.66. The van der Waals surface area contributed by atoms with Crippen LogP contribution in [0.25, 0.3) is 0 Å². The summed E-state index contributed by atoms with van der Waals surface area (Å²) in [5, 5.41) is 13.0. The first-order valence-electron chi connectivity index (χ1n) is 7.98. The van der Waals surface area contributed by atoms with E-state index in [2.05, 4.69) is 5.32 Å². The third-order valence-electron chi connectivity index (χ3n) is 3.93. The maximum absolute atomic E-state index is 12.9. The molecule has 0 aromatic heterocycles. The molecule has 2 aromatic carbocycles. The minimum atomic E-state index is -5.25. The summed E-state index contributed by atoms with van der Waals surface area (Å²) in [6, 6.07) is 7.21. The molecule has 162 valence electrons. The molecule has 0 saturated carbocycles. The topological polar surface area (TPSA) is 139 Å². The van der Waals surface area contributed by atoms with Gasteiger partial charge in [-0.15, -0.1) is 0 Å². The number of amides is 3. The monoisotopic (exact) mass is 465 g/mol. The lowest BCUT2D eigenvalue weighted by Gasteiger charge is -2.25. The largest absolute Gasteiger partial charge is 0.426 e. The molecule has 0 saturated heterocycles. The predicted molar refractivity (Wildman–Crippen MR) is 102 cm³/mol. The highest BCUT2D eigenvalue weighted by Crippen LogP contribution is 2.34. The van der Waals surface area contributed by atoms with Gasteiger partial charge in [-0.05, 0) is 37.3 Å². The number of urea groups is 1. The van der Waals surface area contributed by atoms with Gasteiger partial charge in [0.25, 0.3) is 5.91 Å². The molecule has 13 heteroatoms. The van der Waals surface area contributed by atoms with Crippen molar-refractivity contribution in [1.29, 1.82) is 0 Å². The first kappa shape index (κ1) is 23.4. The van der Waals surface area contributed by atoms with Crippen molar-refractivity contribution in [1.82, 2.24) is 0 Å². The molecule has 0 bridgehead atoms. The Kier molecular flexibility index (Phi) is 6.35. The maximum Gasteiger partial charge on any atom is 0.426 e. The van der Waals surface area contributed by atoms with Crippen LogP contribution in [0.4, 0.5) is 29.3 Å². The minimum absolute atomic E-state index is 0.0975. The van der Waals surface area contributed by atoms with E-state index in [0.29, 0.717) is 0 Å². The molecule has 0 heterocycles. The van der Waals surface area contributed by atoms with Crippen LogP contribution in [-0.2, 0) is 14.6 Å². The van der Waals surface area contributed by atoms with E-state index in [1.807, 2.05) is 0 Å². The number of halogens is 4. The van der Waals surface area contributed by atoms with Gasteiger partial charge in [-0.1, -0.05) is 23.7 Å². The average Bonchev–Trinajstić information content (AvgIpc) is 2.62. The molecule has 0 spiro atoms. The van der Waals surface area contributed by atoms with E-state index in [1.54, 1.807) is 5.32 Å². The van der Waals surface area contributed by atoms with E-state index >= 15 is 0 Å². The molecule has 2 rings (SSSR count). The standard InChI is InChI=1S/C17H15ClF3N3O5S/c1-16(27,17(19,20)21)14(25)23-11-7-6-9(8-10(11)18)30(28,29)13-5-3-2-4-12(13)24-15(22)26/h2-8,27H,1H3,(H,23,25)(H3,22,24,26). The fourth-order valence-corrected chi connectivity index (χ4v) is 3.93. The first-order chi connectivity index (χ1) is 13.7. The molecular weight excluding hydrogens is 451 g/mol. The van der Waals surface area contributed by atoms with Gasteiger partial charge in [0.05, 0.1) is 26.2 Å². The van der Waals surface area contributed by atoms with E-state index in [-0.39, 0.29) is 28.1 Å². The zero-order chi connectivity index (χ0) is 22.9. The summed E-state index contributed by atoms with van der Waals surface area (Å²) in [7, 11) is -4.23. The second-order valence-electron chi connectivity index (χ2n) is 6.15. The number of carbonyl (C=O) groups excluding carboxylic acids is 2. The Morgan fingerprint density at radius 1 is 1.07 bits per heavy atom. The van der Waals surface area contributed by atoms with Crippen LogP contribution in [0.3, 0.4) is 0 Å². The first-order valence-corrected chi connectivity index (χ1v) is 9.84. The van der Waals surface area contributed by atoms with Crippen LogP contribution in [0.15, 0.2) is 52.3 Å². The molecule has 1 unspecified atom stereocenters. The van der Waals surface area contributed by atoms with Crippen LogP contribution in [0, 0.1) is 0 Å². The van der Waals surface area contributed by atoms with Crippen molar-refractivity contribution in [3.63, 3.8) is 0 Å². The van der Waals surface area contributed by atoms with Crippen LogP contribution in [0.2, 0.25) is 5.02 Å². The van der Waals surface area contributed by atoms with Crippen molar-refractivity contribution in [3.05, 3.63) is 47.5 Å². The van der Waals surface area contributed by atoms with Gasteiger partial charge < -0.3 is 21.5 Å². The molecule has 0 fully saturated rings. The number of alkyl halides is 3. The van der Waals surface area contributed by atoms with Crippen molar-refractivity contribution < 1.29 is 36.3 Å². The third-order valence-corrected chi connectivity index (χ3v) is 6.05. The van der Waals surface area contributed by atoms with E-state index < -0.39 is 38.6 Å². The quantitative estimate of drug-likeness (QED) is 0.537. The number of anilines is 2. The number of rotatable bonds is 5. The van der Waals surface area contributed by atoms with Crippen LogP contribution >= 0.6 is 11.6 Å². The number of para-hydroxylation sites is 1. The number of nitrogens with one attached hydrogen (secondary N) is 2. The number of hydrogen-bond acceptors (Lipinski definition) is 5. The number of carbonyl (C=O) groups is 2. The Bertz CT molecular complexity index is 1100. The summed E-state index contributed by atoms with van der Waals surface area (Å²) in [5.41, 5.74) is 0.880. The number of primary amides is 1. The minimum Gasteiger partial charge on any atom is -0.373 e. The Labute approximate surface area is 173 Å². The molecular formula is C17H15ClF3N3O5S. The number of aliphatic hydroxyl groups is 1. The van der Waals surface area contributed by atoms with E-state index in [0.717, 1.165) is 18.2 Å². The van der Waals surface area contributed by atoms with Gasteiger partial charge in [-0.25, -0.2) is 13.2 Å². The summed E-state index contributed by atoms with van der Waals surface area (Å²) in [5.74, 6) is -1.80. The lowest BCUT2D eigenvalue weighted by molar-refractivity contribution is -0.242. The van der Waals surface area contributed by atoms with E-state index in [4.69, 9.17) is 17.3 Å². The van der Waals surface area contributed by atoms with Gasteiger partial charge in [0, 0.05) is 0 Å². The molecule has 3 amide bonds. The lowest BCUT2D eigenvalue weighted by atomic mass is 10.1. The van der Waals surface area contributed by atoms with Gasteiger partial charge in [0.2, 0.25) is 15.4 Å². The molecule has 1 atom stereocenters. The normalized spacial score (nSPS) is 13.9. The molecule has 2 aromatic rings. The SMILES string of the molecule is CC(O)(C(=O)Nc1ccc(S(=O)(=O)c2ccccc2NC(N)=O)cc1Cl)C(F)(F)F. The highest BCUT2D eigenvalue weighted by molar-refractivity contribution is 7.91. The molecule has 0 radical (unpaired) electrons. The van der Waals surface area contributed by atoms with Crippen molar-refractivity contribution >= 4 is 44.8 Å². The van der Waals surface area contributed by atoms with Crippen molar-refractivity contribution in [3.8, 4) is 0 Å². The van der Waals surface area contributed by atoms with Crippen LogP contribution in [-0.4, -0.2) is 37.2 Å². The average molecular weight is 466 g/mol. The Balaban J connectivity index is 2.40. The Hall–Kier alpha value is -2.83. The highest BCUT2D eigenvalue weighted by Gasteiger charge is 2.55. The van der Waals surface area contributed by atoms with E-state index in [1.165, 1.54) is 24.3 Å². The summed E-state index contributed by atoms with van der Waals surface area (Å²) in [6.07, 6.45) is -5.25. The summed E-state index contributed by atoms with van der Waals surface area (Å²) in [4.78, 5) is 22.2. The smallest absolute Gasteiger partial charge is 0.373 e. The number of benzene rings is 2. The van der Waals surface area contributed by atoms with Crippen molar-refractivity contribution in [2.75, 3.05) is 10.6 Å². The molecule has 8 nitrogen and oxygen atoms in total. The lowest BCUT2D eigenvalue weighted by Crippen LogP contribution is -2.52. The zero-order valence-corrected chi connectivity index (χ0v) is 16.7. The highest BCUT2D eigenvalue weighted by atomic mass is 35.5. The Morgan fingerprint density at radius 3 is 2.20 bits per heavy atom. The van der Waals surface area contributed by atoms with Gasteiger partial charge in [-0.3, -0.25) is 4.79 Å². The molecule has 0 aliphatic rings. The van der Waals surface area contributed by atoms with Crippen molar-refractivity contribution in [2.45, 2.75) is 28.5 Å². The van der Waals surface area contributed by atoms with E-state index in [9.17, 15) is 36.3 Å². The fourth-order valence-electron chi connectivity index (χ4n) is 2.20. The second-order valence-corrected chi connectivity index (χ2v) is 8.48. The van der Waals surface area contributed by atoms with Crippen LogP contribution in [0.1, 0.15) is 6.92 Å². The number of nitrogens with two attached hydrogens (primary N) is 1.